The van der Waals surface area contributed by atoms with Crippen LogP contribution in [0.25, 0.3) is 22.4 Å². The van der Waals surface area contributed by atoms with Gasteiger partial charge in [0.1, 0.15) is 5.52 Å². The highest BCUT2D eigenvalue weighted by Crippen LogP contribution is 2.33. The first kappa shape index (κ1) is 19.4. The molecule has 0 aliphatic carbocycles. The number of hydrogen-bond donors (Lipinski definition) is 0. The van der Waals surface area contributed by atoms with Crippen molar-refractivity contribution in [2.24, 2.45) is 0 Å². The minimum absolute atomic E-state index is 0.0713. The first-order chi connectivity index (χ1) is 15.0. The molecule has 0 spiro atoms. The molecule has 158 valence electrons. The van der Waals surface area contributed by atoms with Crippen LogP contribution >= 0.6 is 0 Å². The van der Waals surface area contributed by atoms with E-state index in [-0.39, 0.29) is 11.8 Å². The van der Waals surface area contributed by atoms with E-state index in [0.717, 1.165) is 35.2 Å². The van der Waals surface area contributed by atoms with Crippen LogP contribution in [0.3, 0.4) is 0 Å². The highest BCUT2D eigenvalue weighted by Gasteiger charge is 2.35. The van der Waals surface area contributed by atoms with Gasteiger partial charge in [-0.25, -0.2) is 4.68 Å². The molecule has 1 atom stereocenters. The maximum Gasteiger partial charge on any atom is 0.232 e. The molecule has 3 heterocycles. The Hall–Kier alpha value is -3.55. The molecule has 0 unspecified atom stereocenters. The zero-order chi connectivity index (χ0) is 21.5. The monoisotopic (exact) mass is 416 g/mol. The summed E-state index contributed by atoms with van der Waals surface area (Å²) in [5, 5.41) is 12.6. The number of nitrogens with zero attached hydrogens (tertiary/aromatic N) is 6. The van der Waals surface area contributed by atoms with Crippen LogP contribution in [0.2, 0.25) is 0 Å². The lowest BCUT2D eigenvalue weighted by molar-refractivity contribution is -0.117. The predicted octanol–water partition coefficient (Wildman–Crippen LogP) is 4.03. The molecular formula is C23H24N6O2. The number of amides is 1. The molecule has 1 saturated heterocycles. The fraction of sp³-hybridized carbons (Fsp3) is 0.348. The molecular weight excluding hydrogens is 392 g/mol. The summed E-state index contributed by atoms with van der Waals surface area (Å²) in [6.07, 6.45) is 1.35. The van der Waals surface area contributed by atoms with E-state index in [4.69, 9.17) is 4.52 Å². The molecule has 0 bridgehead atoms. The molecule has 2 aromatic heterocycles. The van der Waals surface area contributed by atoms with Crippen molar-refractivity contribution >= 4 is 22.6 Å². The summed E-state index contributed by atoms with van der Waals surface area (Å²) < 4.78 is 7.45. The second-order valence-electron chi connectivity index (χ2n) is 8.15. The Balaban J connectivity index is 1.37. The Labute approximate surface area is 179 Å². The number of benzene rings is 2. The van der Waals surface area contributed by atoms with Gasteiger partial charge in [-0.05, 0) is 61.7 Å². The fourth-order valence-corrected chi connectivity index (χ4v) is 4.02. The summed E-state index contributed by atoms with van der Waals surface area (Å²) in [7, 11) is 0. The van der Waals surface area contributed by atoms with Gasteiger partial charge in [0, 0.05) is 30.8 Å². The van der Waals surface area contributed by atoms with Crippen molar-refractivity contribution in [3.05, 3.63) is 53.4 Å². The number of anilines is 1. The highest BCUT2D eigenvalue weighted by molar-refractivity contribution is 5.96. The lowest BCUT2D eigenvalue weighted by Gasteiger charge is -2.17. The maximum absolute atomic E-state index is 12.7. The van der Waals surface area contributed by atoms with Crippen molar-refractivity contribution in [3.8, 4) is 11.4 Å². The zero-order valence-electron chi connectivity index (χ0n) is 17.9. The molecule has 8 nitrogen and oxygen atoms in total. The molecule has 1 aliphatic rings. The number of carbonyl (C=O) groups excluding carboxylic acids is 1. The molecule has 4 aromatic rings. The van der Waals surface area contributed by atoms with Crippen molar-refractivity contribution in [2.75, 3.05) is 11.4 Å². The van der Waals surface area contributed by atoms with Crippen molar-refractivity contribution < 1.29 is 9.32 Å². The second kappa shape index (κ2) is 7.61. The highest BCUT2D eigenvalue weighted by atomic mass is 16.5. The van der Waals surface area contributed by atoms with Gasteiger partial charge >= 0.3 is 0 Å². The number of aromatic nitrogens is 5. The van der Waals surface area contributed by atoms with Crippen molar-refractivity contribution in [3.63, 3.8) is 0 Å². The molecule has 1 amide bonds. The molecule has 0 N–H and O–H groups in total. The third-order valence-corrected chi connectivity index (χ3v) is 5.93. The van der Waals surface area contributed by atoms with E-state index in [0.29, 0.717) is 24.7 Å². The third-order valence-electron chi connectivity index (χ3n) is 5.93. The lowest BCUT2D eigenvalue weighted by atomic mass is 10.1. The molecule has 5 rings (SSSR count). The Morgan fingerprint density at radius 3 is 2.81 bits per heavy atom. The molecule has 1 fully saturated rings. The zero-order valence-corrected chi connectivity index (χ0v) is 17.9. The van der Waals surface area contributed by atoms with Gasteiger partial charge in [0.15, 0.2) is 0 Å². The van der Waals surface area contributed by atoms with Crippen LogP contribution in [-0.2, 0) is 11.3 Å². The fourth-order valence-electron chi connectivity index (χ4n) is 4.02. The second-order valence-corrected chi connectivity index (χ2v) is 8.15. The summed E-state index contributed by atoms with van der Waals surface area (Å²) in [6, 6.07) is 11.9. The van der Waals surface area contributed by atoms with E-state index in [1.165, 1.54) is 11.1 Å². The van der Waals surface area contributed by atoms with Gasteiger partial charge in [-0.1, -0.05) is 23.4 Å². The smallest absolute Gasteiger partial charge is 0.232 e. The molecule has 8 heteroatoms. The molecule has 0 radical (unpaired) electrons. The van der Waals surface area contributed by atoms with E-state index in [2.05, 4.69) is 47.3 Å². The van der Waals surface area contributed by atoms with E-state index < -0.39 is 0 Å². The summed E-state index contributed by atoms with van der Waals surface area (Å²) >= 11 is 0. The van der Waals surface area contributed by atoms with Crippen LogP contribution in [0.5, 0.6) is 0 Å². The molecule has 0 saturated carbocycles. The van der Waals surface area contributed by atoms with Crippen molar-refractivity contribution in [2.45, 2.75) is 46.1 Å². The molecule has 31 heavy (non-hydrogen) atoms. The van der Waals surface area contributed by atoms with Crippen molar-refractivity contribution in [1.82, 2.24) is 25.1 Å². The van der Waals surface area contributed by atoms with Gasteiger partial charge in [0.25, 0.3) is 0 Å². The molecule has 1 aliphatic heterocycles. The Bertz CT molecular complexity index is 1270. The topological polar surface area (TPSA) is 89.9 Å². The van der Waals surface area contributed by atoms with Crippen LogP contribution in [0.1, 0.15) is 42.7 Å². The van der Waals surface area contributed by atoms with Gasteiger partial charge in [-0.2, -0.15) is 4.98 Å². The average molecular weight is 416 g/mol. The van der Waals surface area contributed by atoms with E-state index in [9.17, 15) is 4.79 Å². The van der Waals surface area contributed by atoms with E-state index >= 15 is 0 Å². The number of hydrogen-bond acceptors (Lipinski definition) is 6. The summed E-state index contributed by atoms with van der Waals surface area (Å²) in [6.45, 7) is 7.59. The van der Waals surface area contributed by atoms with E-state index in [1.807, 2.05) is 35.0 Å². The van der Waals surface area contributed by atoms with Crippen LogP contribution in [0.4, 0.5) is 5.69 Å². The van der Waals surface area contributed by atoms with Gasteiger partial charge in [-0.15, -0.1) is 5.10 Å². The van der Waals surface area contributed by atoms with Crippen LogP contribution in [0, 0.1) is 13.8 Å². The third kappa shape index (κ3) is 3.48. The van der Waals surface area contributed by atoms with Gasteiger partial charge in [-0.3, -0.25) is 4.79 Å². The normalized spacial score (nSPS) is 16.5. The first-order valence-corrected chi connectivity index (χ1v) is 10.6. The summed E-state index contributed by atoms with van der Waals surface area (Å²) in [5.41, 5.74) is 5.90. The first-order valence-electron chi connectivity index (χ1n) is 10.6. The van der Waals surface area contributed by atoms with Gasteiger partial charge in [0.2, 0.25) is 17.6 Å². The number of fused-ring (bicyclic) bond motifs is 1. The predicted molar refractivity (Wildman–Crippen MR) is 117 cm³/mol. The number of carbonyl (C=O) groups is 1. The van der Waals surface area contributed by atoms with Crippen LogP contribution < -0.4 is 4.90 Å². The van der Waals surface area contributed by atoms with Crippen molar-refractivity contribution in [1.29, 1.82) is 0 Å². The summed E-state index contributed by atoms with van der Waals surface area (Å²) in [4.78, 5) is 19.1. The minimum Gasteiger partial charge on any atom is -0.339 e. The minimum atomic E-state index is -0.121. The maximum atomic E-state index is 12.7. The SMILES string of the molecule is CCCn1nnc2cc(-c3noc([C@H]4CC(=O)N(c5ccc(C)c(C)c5)C4)n3)ccc21. The lowest BCUT2D eigenvalue weighted by Crippen LogP contribution is -2.24. The van der Waals surface area contributed by atoms with E-state index in [1.54, 1.807) is 4.90 Å². The van der Waals surface area contributed by atoms with Gasteiger partial charge in [0.05, 0.1) is 11.4 Å². The Morgan fingerprint density at radius 2 is 2.00 bits per heavy atom. The average Bonchev–Trinajstić information content (AvgIpc) is 3.49. The number of rotatable bonds is 5. The van der Waals surface area contributed by atoms with Crippen LogP contribution in [-0.4, -0.2) is 37.6 Å². The standard InChI is InChI=1S/C23H24N6O2/c1-4-9-29-20-8-6-16(11-19(20)25-27-29)22-24-23(31-26-22)17-12-21(30)28(13-17)18-7-5-14(2)15(3)10-18/h5-8,10-11,17H,4,9,12-13H2,1-3H3/t17-/m0/s1. The van der Waals surface area contributed by atoms with Crippen LogP contribution in [0.15, 0.2) is 40.9 Å². The summed E-state index contributed by atoms with van der Waals surface area (Å²) in [5.74, 6) is 0.940. The number of aryl methyl sites for hydroxylation is 3. The Kier molecular flexibility index (Phi) is 4.77. The largest absolute Gasteiger partial charge is 0.339 e. The van der Waals surface area contributed by atoms with Gasteiger partial charge < -0.3 is 9.42 Å². The Morgan fingerprint density at radius 1 is 1.13 bits per heavy atom. The quantitative estimate of drug-likeness (QED) is 0.488. The molecule has 2 aromatic carbocycles.